The summed E-state index contributed by atoms with van der Waals surface area (Å²) >= 11 is 0. The van der Waals surface area contributed by atoms with Crippen LogP contribution >= 0.6 is 0 Å². The summed E-state index contributed by atoms with van der Waals surface area (Å²) in [6.07, 6.45) is 2.17. The Bertz CT molecular complexity index is 416. The van der Waals surface area contributed by atoms with E-state index in [1.807, 2.05) is 48.2 Å². The molecule has 0 bridgehead atoms. The van der Waals surface area contributed by atoms with Gasteiger partial charge in [0.05, 0.1) is 6.04 Å². The maximum Gasteiger partial charge on any atom is 0.324 e. The van der Waals surface area contributed by atoms with Gasteiger partial charge in [-0.3, -0.25) is 4.90 Å². The fourth-order valence-corrected chi connectivity index (χ4v) is 2.40. The number of rotatable bonds is 4. The second-order valence-corrected chi connectivity index (χ2v) is 4.74. The van der Waals surface area contributed by atoms with Crippen molar-refractivity contribution in [3.63, 3.8) is 0 Å². The van der Waals surface area contributed by atoms with E-state index in [2.05, 4.69) is 12.2 Å². The van der Waals surface area contributed by atoms with Crippen molar-refractivity contribution in [2.45, 2.75) is 25.8 Å². The molecule has 4 heteroatoms. The smallest absolute Gasteiger partial charge is 0.324 e. The fourth-order valence-electron chi connectivity index (χ4n) is 2.40. The molecule has 0 radical (unpaired) electrons. The third-order valence-electron chi connectivity index (χ3n) is 3.56. The van der Waals surface area contributed by atoms with Gasteiger partial charge in [-0.1, -0.05) is 13.3 Å². The molecule has 18 heavy (non-hydrogen) atoms. The van der Waals surface area contributed by atoms with Gasteiger partial charge in [-0.15, -0.1) is 0 Å². The van der Waals surface area contributed by atoms with Crippen LogP contribution in [-0.4, -0.2) is 37.6 Å². The van der Waals surface area contributed by atoms with E-state index in [9.17, 15) is 4.79 Å². The van der Waals surface area contributed by atoms with Gasteiger partial charge in [-0.2, -0.15) is 0 Å². The summed E-state index contributed by atoms with van der Waals surface area (Å²) in [7, 11) is 3.78. The molecular formula is C14H21N3O. The zero-order valence-electron chi connectivity index (χ0n) is 11.3. The van der Waals surface area contributed by atoms with Gasteiger partial charge in [0.2, 0.25) is 0 Å². The molecule has 1 N–H and O–H groups in total. The third kappa shape index (κ3) is 2.28. The Morgan fingerprint density at radius 3 is 2.56 bits per heavy atom. The minimum atomic E-state index is 0.102. The van der Waals surface area contributed by atoms with Crippen LogP contribution in [-0.2, 0) is 0 Å². The number of benzene rings is 1. The van der Waals surface area contributed by atoms with Gasteiger partial charge in [0.15, 0.2) is 0 Å². The van der Waals surface area contributed by atoms with Gasteiger partial charge in [0.1, 0.15) is 0 Å². The molecule has 4 nitrogen and oxygen atoms in total. The zero-order valence-corrected chi connectivity index (χ0v) is 11.3. The van der Waals surface area contributed by atoms with Crippen LogP contribution in [0.1, 0.15) is 19.8 Å². The molecule has 0 saturated carbocycles. The maximum atomic E-state index is 12.2. The Balaban J connectivity index is 2.15. The lowest BCUT2D eigenvalue weighted by Crippen LogP contribution is -2.31. The molecule has 98 valence electrons. The van der Waals surface area contributed by atoms with Crippen molar-refractivity contribution < 1.29 is 4.79 Å². The van der Waals surface area contributed by atoms with Crippen LogP contribution < -0.4 is 10.2 Å². The number of hydrogen-bond donors (Lipinski definition) is 1. The number of amides is 2. The first-order chi connectivity index (χ1) is 8.67. The first-order valence-electron chi connectivity index (χ1n) is 6.49. The van der Waals surface area contributed by atoms with Gasteiger partial charge < -0.3 is 10.2 Å². The Labute approximate surface area is 109 Å². The van der Waals surface area contributed by atoms with Crippen molar-refractivity contribution in [1.29, 1.82) is 0 Å². The highest BCUT2D eigenvalue weighted by molar-refractivity contribution is 5.94. The fraction of sp³-hybridized carbons (Fsp3) is 0.500. The standard InChI is InChI=1S/C14H21N3O/c1-4-5-13-10-17(14(18)16(13)3)12-8-6-11(15-2)7-9-12/h6-9,13,15H,4-5,10H2,1-3H3. The molecule has 1 aromatic rings. The molecule has 2 rings (SSSR count). The molecule has 1 aliphatic heterocycles. The highest BCUT2D eigenvalue weighted by Gasteiger charge is 2.34. The summed E-state index contributed by atoms with van der Waals surface area (Å²) < 4.78 is 0. The number of carbonyl (C=O) groups excluding carboxylic acids is 1. The summed E-state index contributed by atoms with van der Waals surface area (Å²) in [5.74, 6) is 0. The van der Waals surface area contributed by atoms with Gasteiger partial charge in [0, 0.05) is 32.0 Å². The number of urea groups is 1. The van der Waals surface area contributed by atoms with Crippen LogP contribution in [0.4, 0.5) is 16.2 Å². The monoisotopic (exact) mass is 247 g/mol. The first-order valence-corrected chi connectivity index (χ1v) is 6.49. The van der Waals surface area contributed by atoms with Crippen LogP contribution in [0.2, 0.25) is 0 Å². The normalized spacial score (nSPS) is 19.5. The van der Waals surface area contributed by atoms with Gasteiger partial charge in [-0.05, 0) is 30.7 Å². The molecule has 1 aromatic carbocycles. The van der Waals surface area contributed by atoms with E-state index in [0.717, 1.165) is 30.8 Å². The second-order valence-electron chi connectivity index (χ2n) is 4.74. The Kier molecular flexibility index (Phi) is 3.75. The van der Waals surface area contributed by atoms with Gasteiger partial charge in [0.25, 0.3) is 0 Å². The topological polar surface area (TPSA) is 35.6 Å². The van der Waals surface area contributed by atoms with Crippen LogP contribution in [0.15, 0.2) is 24.3 Å². The minimum absolute atomic E-state index is 0.102. The first kappa shape index (κ1) is 12.7. The van der Waals surface area contributed by atoms with Gasteiger partial charge in [-0.25, -0.2) is 4.79 Å². The van der Waals surface area contributed by atoms with Crippen molar-refractivity contribution in [3.05, 3.63) is 24.3 Å². The van der Waals surface area contributed by atoms with Gasteiger partial charge >= 0.3 is 6.03 Å². The van der Waals surface area contributed by atoms with E-state index < -0.39 is 0 Å². The quantitative estimate of drug-likeness (QED) is 0.888. The van der Waals surface area contributed by atoms with Crippen molar-refractivity contribution in [3.8, 4) is 0 Å². The molecule has 1 aliphatic rings. The average Bonchev–Trinajstić information content (AvgIpc) is 2.68. The predicted octanol–water partition coefficient (Wildman–Crippen LogP) is 2.77. The number of hydrogen-bond acceptors (Lipinski definition) is 2. The molecule has 2 amide bonds. The molecule has 1 unspecified atom stereocenters. The lowest BCUT2D eigenvalue weighted by molar-refractivity contribution is 0.217. The number of nitrogens with zero attached hydrogens (tertiary/aromatic N) is 2. The maximum absolute atomic E-state index is 12.2. The van der Waals surface area contributed by atoms with E-state index in [0.29, 0.717) is 6.04 Å². The van der Waals surface area contributed by atoms with Crippen LogP contribution in [0, 0.1) is 0 Å². The molecule has 1 fully saturated rings. The average molecular weight is 247 g/mol. The molecule has 0 spiro atoms. The van der Waals surface area contributed by atoms with E-state index in [1.165, 1.54) is 0 Å². The van der Waals surface area contributed by atoms with Crippen molar-refractivity contribution in [2.24, 2.45) is 0 Å². The summed E-state index contributed by atoms with van der Waals surface area (Å²) in [6, 6.07) is 8.42. The largest absolute Gasteiger partial charge is 0.388 e. The van der Waals surface area contributed by atoms with E-state index in [-0.39, 0.29) is 6.03 Å². The zero-order chi connectivity index (χ0) is 13.1. The Hall–Kier alpha value is -1.71. The SMILES string of the molecule is CCCC1CN(c2ccc(NC)cc2)C(=O)N1C. The summed E-state index contributed by atoms with van der Waals surface area (Å²) in [6.45, 7) is 2.95. The minimum Gasteiger partial charge on any atom is -0.388 e. The molecule has 1 heterocycles. The Morgan fingerprint density at radius 2 is 2.00 bits per heavy atom. The summed E-state index contributed by atoms with van der Waals surface area (Å²) in [5, 5.41) is 3.08. The number of likely N-dealkylation sites (N-methyl/N-ethyl adjacent to an activating group) is 1. The van der Waals surface area contributed by atoms with E-state index in [4.69, 9.17) is 0 Å². The van der Waals surface area contributed by atoms with Crippen molar-refractivity contribution >= 4 is 17.4 Å². The highest BCUT2D eigenvalue weighted by atomic mass is 16.2. The van der Waals surface area contributed by atoms with Crippen LogP contribution in [0.3, 0.4) is 0 Å². The molecule has 1 atom stereocenters. The number of carbonyl (C=O) groups is 1. The summed E-state index contributed by atoms with van der Waals surface area (Å²) in [4.78, 5) is 15.9. The number of nitrogens with one attached hydrogen (secondary N) is 1. The third-order valence-corrected chi connectivity index (χ3v) is 3.56. The molecule has 0 aliphatic carbocycles. The molecule has 1 saturated heterocycles. The molecule has 0 aromatic heterocycles. The second kappa shape index (κ2) is 5.29. The summed E-state index contributed by atoms with van der Waals surface area (Å²) in [5.41, 5.74) is 2.04. The predicted molar refractivity (Wildman–Crippen MR) is 75.2 cm³/mol. The van der Waals surface area contributed by atoms with E-state index >= 15 is 0 Å². The lowest BCUT2D eigenvalue weighted by Gasteiger charge is -2.16. The van der Waals surface area contributed by atoms with Crippen molar-refractivity contribution in [1.82, 2.24) is 4.90 Å². The lowest BCUT2D eigenvalue weighted by atomic mass is 10.1. The molecular weight excluding hydrogens is 226 g/mol. The van der Waals surface area contributed by atoms with E-state index in [1.54, 1.807) is 0 Å². The Morgan fingerprint density at radius 1 is 1.33 bits per heavy atom. The van der Waals surface area contributed by atoms with Crippen molar-refractivity contribution in [2.75, 3.05) is 30.9 Å². The highest BCUT2D eigenvalue weighted by Crippen LogP contribution is 2.25. The van der Waals surface area contributed by atoms with Crippen LogP contribution in [0.25, 0.3) is 0 Å². The van der Waals surface area contributed by atoms with Crippen LogP contribution in [0.5, 0.6) is 0 Å². The number of anilines is 2.